The van der Waals surface area contributed by atoms with Crippen LogP contribution in [0.4, 0.5) is 0 Å². The molecule has 1 unspecified atom stereocenters. The molecule has 0 aromatic carbocycles. The first-order chi connectivity index (χ1) is 6.77. The summed E-state index contributed by atoms with van der Waals surface area (Å²) >= 11 is 0. The molecule has 1 N–H and O–H groups in total. The van der Waals surface area contributed by atoms with E-state index in [0.29, 0.717) is 0 Å². The summed E-state index contributed by atoms with van der Waals surface area (Å²) < 4.78 is 2.12. The zero-order valence-electron chi connectivity index (χ0n) is 8.82. The molecule has 0 saturated carbocycles. The van der Waals surface area contributed by atoms with Crippen LogP contribution in [0.1, 0.15) is 37.9 Å². The van der Waals surface area contributed by atoms with Crippen molar-refractivity contribution in [3.05, 3.63) is 36.7 Å². The van der Waals surface area contributed by atoms with E-state index in [0.717, 1.165) is 31.4 Å². The Balaban J connectivity index is 2.46. The fourth-order valence-electron chi connectivity index (χ4n) is 1.45. The lowest BCUT2D eigenvalue weighted by Crippen LogP contribution is -1.95. The van der Waals surface area contributed by atoms with Crippen molar-refractivity contribution in [2.24, 2.45) is 0 Å². The topological polar surface area (TPSA) is 25.2 Å². The summed E-state index contributed by atoms with van der Waals surface area (Å²) in [5.41, 5.74) is 1.02. The third kappa shape index (κ3) is 3.04. The Morgan fingerprint density at radius 3 is 3.07 bits per heavy atom. The summed E-state index contributed by atoms with van der Waals surface area (Å²) in [5, 5.41) is 9.58. The summed E-state index contributed by atoms with van der Waals surface area (Å²) in [6, 6.07) is 1.99. The van der Waals surface area contributed by atoms with E-state index in [-0.39, 0.29) is 6.10 Å². The molecule has 0 saturated heterocycles. The molecule has 1 aromatic heterocycles. The van der Waals surface area contributed by atoms with Gasteiger partial charge in [0, 0.05) is 18.9 Å². The fourth-order valence-corrected chi connectivity index (χ4v) is 1.45. The highest BCUT2D eigenvalue weighted by molar-refractivity contribution is 5.13. The standard InChI is InChI=1S/C12H19NO/c1-3-5-6-8-13-9-7-11(10-13)12(14)4-2/h3,7,9-10,12,14H,1,4-6,8H2,2H3. The van der Waals surface area contributed by atoms with E-state index in [4.69, 9.17) is 0 Å². The van der Waals surface area contributed by atoms with Crippen molar-refractivity contribution in [1.82, 2.24) is 4.57 Å². The van der Waals surface area contributed by atoms with Crippen molar-refractivity contribution in [2.45, 2.75) is 38.8 Å². The predicted octanol–water partition coefficient (Wildman–Crippen LogP) is 2.90. The Morgan fingerprint density at radius 1 is 1.64 bits per heavy atom. The molecule has 1 rings (SSSR count). The first kappa shape index (κ1) is 11.1. The predicted molar refractivity (Wildman–Crippen MR) is 59.1 cm³/mol. The largest absolute Gasteiger partial charge is 0.388 e. The smallest absolute Gasteiger partial charge is 0.0802 e. The van der Waals surface area contributed by atoms with Crippen LogP contribution in [-0.4, -0.2) is 9.67 Å². The average Bonchev–Trinajstić information content (AvgIpc) is 2.66. The van der Waals surface area contributed by atoms with Crippen molar-refractivity contribution in [1.29, 1.82) is 0 Å². The molecule has 1 atom stereocenters. The summed E-state index contributed by atoms with van der Waals surface area (Å²) in [6.45, 7) is 6.68. The van der Waals surface area contributed by atoms with Gasteiger partial charge in [0.2, 0.25) is 0 Å². The van der Waals surface area contributed by atoms with E-state index in [1.807, 2.05) is 31.5 Å². The first-order valence-corrected chi connectivity index (χ1v) is 5.22. The summed E-state index contributed by atoms with van der Waals surface area (Å²) in [4.78, 5) is 0. The Kier molecular flexibility index (Phi) is 4.47. The van der Waals surface area contributed by atoms with Crippen molar-refractivity contribution in [2.75, 3.05) is 0 Å². The molecule has 0 radical (unpaired) electrons. The molecule has 1 aromatic rings. The van der Waals surface area contributed by atoms with Crippen molar-refractivity contribution in [3.8, 4) is 0 Å². The molecule has 0 aliphatic rings. The van der Waals surface area contributed by atoms with Gasteiger partial charge in [-0.05, 0) is 30.9 Å². The highest BCUT2D eigenvalue weighted by Gasteiger charge is 2.05. The Bertz CT molecular complexity index is 278. The molecule has 0 bridgehead atoms. The van der Waals surface area contributed by atoms with Gasteiger partial charge < -0.3 is 9.67 Å². The molecule has 0 aliphatic heterocycles. The maximum atomic E-state index is 9.58. The van der Waals surface area contributed by atoms with E-state index in [1.165, 1.54) is 0 Å². The number of aryl methyl sites for hydroxylation is 1. The number of aliphatic hydroxyl groups excluding tert-OH is 1. The normalized spacial score (nSPS) is 12.7. The second kappa shape index (κ2) is 5.66. The number of aromatic nitrogens is 1. The van der Waals surface area contributed by atoms with Gasteiger partial charge in [-0.25, -0.2) is 0 Å². The average molecular weight is 193 g/mol. The molecular weight excluding hydrogens is 174 g/mol. The fraction of sp³-hybridized carbons (Fsp3) is 0.500. The third-order valence-electron chi connectivity index (χ3n) is 2.37. The number of allylic oxidation sites excluding steroid dienone is 1. The van der Waals surface area contributed by atoms with Crippen LogP contribution in [0.25, 0.3) is 0 Å². The zero-order chi connectivity index (χ0) is 10.4. The first-order valence-electron chi connectivity index (χ1n) is 5.22. The molecule has 2 heteroatoms. The van der Waals surface area contributed by atoms with Crippen molar-refractivity contribution >= 4 is 0 Å². The van der Waals surface area contributed by atoms with Crippen LogP contribution < -0.4 is 0 Å². The molecule has 14 heavy (non-hydrogen) atoms. The van der Waals surface area contributed by atoms with E-state index in [9.17, 15) is 5.11 Å². The number of unbranched alkanes of at least 4 members (excludes halogenated alkanes) is 1. The minimum atomic E-state index is -0.310. The third-order valence-corrected chi connectivity index (χ3v) is 2.37. The molecule has 2 nitrogen and oxygen atoms in total. The van der Waals surface area contributed by atoms with Gasteiger partial charge in [-0.3, -0.25) is 0 Å². The monoisotopic (exact) mass is 193 g/mol. The second-order valence-electron chi connectivity index (χ2n) is 3.54. The van der Waals surface area contributed by atoms with Gasteiger partial charge in [-0.2, -0.15) is 0 Å². The molecular formula is C12H19NO. The maximum Gasteiger partial charge on any atom is 0.0802 e. The Morgan fingerprint density at radius 2 is 2.43 bits per heavy atom. The molecule has 78 valence electrons. The number of nitrogens with zero attached hydrogens (tertiary/aromatic N) is 1. The van der Waals surface area contributed by atoms with Gasteiger partial charge in [0.05, 0.1) is 6.10 Å². The Hall–Kier alpha value is -1.02. The SMILES string of the molecule is C=CCCCn1ccc(C(O)CC)c1. The van der Waals surface area contributed by atoms with Crippen LogP contribution in [-0.2, 0) is 6.54 Å². The minimum absolute atomic E-state index is 0.310. The van der Waals surface area contributed by atoms with E-state index in [2.05, 4.69) is 11.1 Å². The molecule has 0 amide bonds. The lowest BCUT2D eigenvalue weighted by Gasteiger charge is -2.04. The van der Waals surface area contributed by atoms with E-state index < -0.39 is 0 Å². The van der Waals surface area contributed by atoms with Crippen molar-refractivity contribution in [3.63, 3.8) is 0 Å². The Labute approximate surface area is 85.9 Å². The van der Waals surface area contributed by atoms with Gasteiger partial charge >= 0.3 is 0 Å². The van der Waals surface area contributed by atoms with Crippen LogP contribution in [0.2, 0.25) is 0 Å². The number of aliphatic hydroxyl groups is 1. The van der Waals surface area contributed by atoms with Gasteiger partial charge in [0.25, 0.3) is 0 Å². The van der Waals surface area contributed by atoms with Gasteiger partial charge in [-0.15, -0.1) is 6.58 Å². The highest BCUT2D eigenvalue weighted by Crippen LogP contribution is 2.16. The van der Waals surface area contributed by atoms with Gasteiger partial charge in [0.15, 0.2) is 0 Å². The van der Waals surface area contributed by atoms with Crippen LogP contribution in [0.5, 0.6) is 0 Å². The van der Waals surface area contributed by atoms with Crippen LogP contribution in [0.15, 0.2) is 31.1 Å². The van der Waals surface area contributed by atoms with Crippen molar-refractivity contribution < 1.29 is 5.11 Å². The molecule has 0 spiro atoms. The summed E-state index contributed by atoms with van der Waals surface area (Å²) in [5.74, 6) is 0. The quantitative estimate of drug-likeness (QED) is 0.545. The number of hydrogen-bond donors (Lipinski definition) is 1. The molecule has 0 fully saturated rings. The highest BCUT2D eigenvalue weighted by atomic mass is 16.3. The summed E-state index contributed by atoms with van der Waals surface area (Å²) in [6.07, 6.45) is 8.61. The second-order valence-corrected chi connectivity index (χ2v) is 3.54. The maximum absolute atomic E-state index is 9.58. The van der Waals surface area contributed by atoms with Crippen LogP contribution in [0, 0.1) is 0 Å². The summed E-state index contributed by atoms with van der Waals surface area (Å²) in [7, 11) is 0. The number of rotatable bonds is 6. The lowest BCUT2D eigenvalue weighted by molar-refractivity contribution is 0.173. The lowest BCUT2D eigenvalue weighted by atomic mass is 10.1. The van der Waals surface area contributed by atoms with Gasteiger partial charge in [0.1, 0.15) is 0 Å². The minimum Gasteiger partial charge on any atom is -0.388 e. The molecule has 1 heterocycles. The van der Waals surface area contributed by atoms with Crippen LogP contribution >= 0.6 is 0 Å². The van der Waals surface area contributed by atoms with E-state index >= 15 is 0 Å². The molecule has 0 aliphatic carbocycles. The van der Waals surface area contributed by atoms with E-state index in [1.54, 1.807) is 0 Å². The van der Waals surface area contributed by atoms with Crippen LogP contribution in [0.3, 0.4) is 0 Å². The number of hydrogen-bond acceptors (Lipinski definition) is 1. The van der Waals surface area contributed by atoms with Gasteiger partial charge in [-0.1, -0.05) is 13.0 Å². The zero-order valence-corrected chi connectivity index (χ0v) is 8.82.